The summed E-state index contributed by atoms with van der Waals surface area (Å²) in [6, 6.07) is 0. The summed E-state index contributed by atoms with van der Waals surface area (Å²) in [4.78, 5) is 0. The van der Waals surface area contributed by atoms with Gasteiger partial charge in [0, 0.05) is 10.9 Å². The molecule has 0 aliphatic carbocycles. The Balaban J connectivity index is 3.68. The maximum Gasteiger partial charge on any atom is 0.0916 e. The van der Waals surface area contributed by atoms with Crippen LogP contribution in [-0.2, 0) is 0 Å². The highest BCUT2D eigenvalue weighted by atomic mass is 35.5. The van der Waals surface area contributed by atoms with Crippen molar-refractivity contribution in [2.24, 2.45) is 0 Å². The van der Waals surface area contributed by atoms with Crippen molar-refractivity contribution in [3.05, 3.63) is 23.8 Å². The van der Waals surface area contributed by atoms with E-state index >= 15 is 0 Å². The first-order chi connectivity index (χ1) is 9.50. The van der Waals surface area contributed by atoms with E-state index in [0.717, 1.165) is 19.3 Å². The van der Waals surface area contributed by atoms with Gasteiger partial charge in [0.05, 0.1) is 16.9 Å². The smallest absolute Gasteiger partial charge is 0.0916 e. The van der Waals surface area contributed by atoms with Crippen LogP contribution < -0.4 is 0 Å². The van der Waals surface area contributed by atoms with Crippen molar-refractivity contribution >= 4 is 46.4 Å². The fraction of sp³-hybridized carbons (Fsp3) is 0.733. The van der Waals surface area contributed by atoms with E-state index < -0.39 is 16.9 Å². The molecule has 1 nitrogen and oxygen atoms in total. The van der Waals surface area contributed by atoms with Crippen molar-refractivity contribution in [1.29, 1.82) is 0 Å². The number of hydrogen-bond donors (Lipinski definition) is 1. The molecule has 0 saturated heterocycles. The molecule has 0 bridgehead atoms. The van der Waals surface area contributed by atoms with Gasteiger partial charge in [-0.15, -0.1) is 34.8 Å². The van der Waals surface area contributed by atoms with Crippen molar-refractivity contribution in [3.63, 3.8) is 0 Å². The molecule has 0 unspecified atom stereocenters. The van der Waals surface area contributed by atoms with Crippen LogP contribution in [0.3, 0.4) is 0 Å². The predicted octanol–water partition coefficient (Wildman–Crippen LogP) is 5.84. The number of halogens is 4. The van der Waals surface area contributed by atoms with Crippen LogP contribution in [0.4, 0.5) is 0 Å². The molecule has 0 spiro atoms. The normalized spacial score (nSPS) is 18.5. The summed E-state index contributed by atoms with van der Waals surface area (Å²) in [7, 11) is 0. The van der Waals surface area contributed by atoms with E-state index in [-0.39, 0.29) is 5.38 Å². The Morgan fingerprint density at radius 2 is 1.50 bits per heavy atom. The molecule has 0 aromatic rings. The van der Waals surface area contributed by atoms with Gasteiger partial charge in [0.2, 0.25) is 0 Å². The first kappa shape index (κ1) is 20.6. The predicted molar refractivity (Wildman–Crippen MR) is 92.4 cm³/mol. The highest BCUT2D eigenvalue weighted by Crippen LogP contribution is 2.20. The van der Waals surface area contributed by atoms with Crippen molar-refractivity contribution < 1.29 is 5.11 Å². The quantitative estimate of drug-likeness (QED) is 0.278. The summed E-state index contributed by atoms with van der Waals surface area (Å²) in [6.07, 6.45) is 11.6. The van der Waals surface area contributed by atoms with Crippen molar-refractivity contribution in [2.45, 2.75) is 67.7 Å². The summed E-state index contributed by atoms with van der Waals surface area (Å²) < 4.78 is 0. The summed E-state index contributed by atoms with van der Waals surface area (Å²) >= 11 is 23.3. The zero-order chi connectivity index (χ0) is 15.4. The van der Waals surface area contributed by atoms with Crippen LogP contribution in [-0.4, -0.2) is 27.3 Å². The monoisotopic (exact) mass is 360 g/mol. The second-order valence-corrected chi connectivity index (χ2v) is 6.79. The molecule has 0 radical (unpaired) electrons. The number of aliphatic hydroxyl groups excluding tert-OH is 1. The number of allylic oxidation sites excluding steroid dienone is 2. The van der Waals surface area contributed by atoms with Crippen molar-refractivity contribution in [1.82, 2.24) is 0 Å². The highest BCUT2D eigenvalue weighted by Gasteiger charge is 2.26. The molecule has 0 rings (SSSR count). The van der Waals surface area contributed by atoms with E-state index in [1.54, 1.807) is 18.5 Å². The Morgan fingerprint density at radius 1 is 0.950 bits per heavy atom. The summed E-state index contributed by atoms with van der Waals surface area (Å²) in [5.74, 6) is 0. The minimum absolute atomic E-state index is 0.316. The molecule has 0 aliphatic rings. The molecule has 1 N–H and O–H groups in total. The molecule has 0 fully saturated rings. The SMILES string of the molecule is C[C@@H](Cl)[C@@H](Cl)[C@@H](O)[C@H](Cl)/C=C\CCCCCC/C=C/Cl. The molecule has 0 amide bonds. The number of aliphatic hydroxyl groups is 1. The third kappa shape index (κ3) is 10.3. The average molecular weight is 362 g/mol. The lowest BCUT2D eigenvalue weighted by Gasteiger charge is -2.21. The van der Waals surface area contributed by atoms with Crippen LogP contribution in [0.25, 0.3) is 0 Å². The third-order valence-corrected chi connectivity index (χ3v) is 4.61. The maximum atomic E-state index is 9.86. The van der Waals surface area contributed by atoms with Crippen molar-refractivity contribution in [2.75, 3.05) is 0 Å². The summed E-state index contributed by atoms with van der Waals surface area (Å²) in [5.41, 5.74) is 1.57. The number of unbranched alkanes of at least 4 members (excludes halogenated alkanes) is 5. The van der Waals surface area contributed by atoms with Gasteiger partial charge in [0.25, 0.3) is 0 Å². The van der Waals surface area contributed by atoms with E-state index in [0.29, 0.717) is 0 Å². The van der Waals surface area contributed by atoms with E-state index in [1.807, 2.05) is 12.2 Å². The largest absolute Gasteiger partial charge is 0.390 e. The van der Waals surface area contributed by atoms with E-state index in [4.69, 9.17) is 46.4 Å². The first-order valence-electron chi connectivity index (χ1n) is 7.02. The topological polar surface area (TPSA) is 20.2 Å². The maximum absolute atomic E-state index is 9.86. The number of rotatable bonds is 11. The summed E-state index contributed by atoms with van der Waals surface area (Å²) in [6.45, 7) is 1.75. The first-order valence-corrected chi connectivity index (χ1v) is 8.77. The van der Waals surface area contributed by atoms with Gasteiger partial charge in [0.1, 0.15) is 0 Å². The van der Waals surface area contributed by atoms with Crippen LogP contribution in [0.5, 0.6) is 0 Å². The van der Waals surface area contributed by atoms with Crippen LogP contribution in [0.15, 0.2) is 23.8 Å². The Bertz CT molecular complexity index is 279. The van der Waals surface area contributed by atoms with Crippen LogP contribution in [0.1, 0.15) is 45.4 Å². The molecule has 0 aromatic carbocycles. The zero-order valence-corrected chi connectivity index (χ0v) is 14.8. The molecule has 0 saturated carbocycles. The van der Waals surface area contributed by atoms with Gasteiger partial charge in [0.15, 0.2) is 0 Å². The fourth-order valence-electron chi connectivity index (χ4n) is 1.73. The Labute approximate surface area is 142 Å². The lowest BCUT2D eigenvalue weighted by Crippen LogP contribution is -2.34. The molecular formula is C15H24Cl4O. The van der Waals surface area contributed by atoms with Gasteiger partial charge in [-0.25, -0.2) is 0 Å². The second kappa shape index (κ2) is 13.3. The molecule has 118 valence electrons. The standard InChI is InChI=1S/C15H24Cl4O/c1-12(17)14(19)15(20)13(18)10-8-6-4-2-3-5-7-9-11-16/h8-15,20H,2-7H2,1H3/b10-8-,11-9+/t12-,13-,14-,15+/m1/s1. The second-order valence-electron chi connectivity index (χ2n) is 4.84. The number of hydrogen-bond acceptors (Lipinski definition) is 1. The molecule has 5 heteroatoms. The molecule has 20 heavy (non-hydrogen) atoms. The van der Waals surface area contributed by atoms with Gasteiger partial charge in [-0.2, -0.15) is 0 Å². The Hall–Kier alpha value is 0.600. The molecule has 0 aromatic heterocycles. The van der Waals surface area contributed by atoms with Gasteiger partial charge >= 0.3 is 0 Å². The van der Waals surface area contributed by atoms with E-state index in [2.05, 4.69) is 0 Å². The molecule has 0 aliphatic heterocycles. The third-order valence-electron chi connectivity index (χ3n) is 2.99. The lowest BCUT2D eigenvalue weighted by atomic mass is 10.1. The average Bonchev–Trinajstić information content (AvgIpc) is 2.43. The van der Waals surface area contributed by atoms with Gasteiger partial charge in [-0.1, -0.05) is 42.7 Å². The van der Waals surface area contributed by atoms with Gasteiger partial charge < -0.3 is 5.11 Å². The summed E-state index contributed by atoms with van der Waals surface area (Å²) in [5, 5.41) is 8.51. The Morgan fingerprint density at radius 3 is 2.00 bits per heavy atom. The van der Waals surface area contributed by atoms with E-state index in [9.17, 15) is 5.11 Å². The van der Waals surface area contributed by atoms with Gasteiger partial charge in [-0.3, -0.25) is 0 Å². The minimum atomic E-state index is -0.829. The van der Waals surface area contributed by atoms with Crippen LogP contribution in [0.2, 0.25) is 0 Å². The molecule has 4 atom stereocenters. The van der Waals surface area contributed by atoms with E-state index in [1.165, 1.54) is 19.3 Å². The van der Waals surface area contributed by atoms with Crippen LogP contribution >= 0.6 is 46.4 Å². The fourth-order valence-corrected chi connectivity index (χ4v) is 2.49. The Kier molecular flexibility index (Phi) is 13.7. The highest BCUT2D eigenvalue weighted by molar-refractivity contribution is 6.31. The van der Waals surface area contributed by atoms with Gasteiger partial charge in [-0.05, 0) is 32.6 Å². The lowest BCUT2D eigenvalue weighted by molar-refractivity contribution is 0.174. The number of alkyl halides is 3. The van der Waals surface area contributed by atoms with Crippen LogP contribution in [0, 0.1) is 0 Å². The van der Waals surface area contributed by atoms with Crippen molar-refractivity contribution in [3.8, 4) is 0 Å². The minimum Gasteiger partial charge on any atom is -0.390 e. The molecular weight excluding hydrogens is 338 g/mol. The zero-order valence-electron chi connectivity index (χ0n) is 11.8. The molecule has 0 heterocycles.